The van der Waals surface area contributed by atoms with Crippen molar-refractivity contribution in [1.29, 1.82) is 0 Å². The van der Waals surface area contributed by atoms with Crippen LogP contribution < -0.4 is 5.32 Å². The van der Waals surface area contributed by atoms with Gasteiger partial charge in [0.1, 0.15) is 17.7 Å². The van der Waals surface area contributed by atoms with Crippen LogP contribution in [0.3, 0.4) is 0 Å². The molecular weight excluding hydrogens is 257 g/mol. The van der Waals surface area contributed by atoms with E-state index in [0.717, 1.165) is 30.4 Å². The fourth-order valence-corrected chi connectivity index (χ4v) is 2.83. The largest absolute Gasteiger partial charge is 0.467 e. The maximum atomic E-state index is 13.2. The SMILES string of the molecule is OC(CNC1CCCc2cc(F)ccc21)c1ccco1. The molecule has 2 aromatic rings. The number of furan rings is 1. The van der Waals surface area contributed by atoms with Crippen molar-refractivity contribution >= 4 is 0 Å². The number of fused-ring (bicyclic) bond motifs is 1. The van der Waals surface area contributed by atoms with Crippen molar-refractivity contribution in [3.05, 3.63) is 59.3 Å². The van der Waals surface area contributed by atoms with Crippen LogP contribution in [0.4, 0.5) is 4.39 Å². The molecule has 106 valence electrons. The fourth-order valence-electron chi connectivity index (χ4n) is 2.83. The number of halogens is 1. The van der Waals surface area contributed by atoms with Gasteiger partial charge in [0.2, 0.25) is 0 Å². The molecule has 2 unspecified atom stereocenters. The van der Waals surface area contributed by atoms with Crippen LogP contribution in [-0.4, -0.2) is 11.7 Å². The Balaban J connectivity index is 1.67. The average molecular weight is 275 g/mol. The van der Waals surface area contributed by atoms with Crippen molar-refractivity contribution in [2.45, 2.75) is 31.4 Å². The van der Waals surface area contributed by atoms with E-state index in [4.69, 9.17) is 4.42 Å². The first-order chi connectivity index (χ1) is 9.74. The van der Waals surface area contributed by atoms with Crippen LogP contribution in [-0.2, 0) is 6.42 Å². The minimum atomic E-state index is -0.657. The molecule has 1 aliphatic carbocycles. The number of aliphatic hydroxyl groups excluding tert-OH is 1. The van der Waals surface area contributed by atoms with Crippen LogP contribution in [0, 0.1) is 5.82 Å². The lowest BCUT2D eigenvalue weighted by atomic mass is 9.87. The van der Waals surface area contributed by atoms with E-state index >= 15 is 0 Å². The van der Waals surface area contributed by atoms with Crippen molar-refractivity contribution in [2.24, 2.45) is 0 Å². The van der Waals surface area contributed by atoms with Gasteiger partial charge in [-0.2, -0.15) is 0 Å². The molecule has 0 aliphatic heterocycles. The maximum Gasteiger partial charge on any atom is 0.133 e. The molecule has 20 heavy (non-hydrogen) atoms. The summed E-state index contributed by atoms with van der Waals surface area (Å²) in [5.41, 5.74) is 2.21. The molecule has 0 radical (unpaired) electrons. The summed E-state index contributed by atoms with van der Waals surface area (Å²) >= 11 is 0. The normalized spacial score (nSPS) is 19.6. The number of aryl methyl sites for hydroxylation is 1. The number of benzene rings is 1. The number of hydrogen-bond donors (Lipinski definition) is 2. The molecule has 1 aliphatic rings. The molecule has 0 amide bonds. The lowest BCUT2D eigenvalue weighted by Crippen LogP contribution is -2.29. The third kappa shape index (κ3) is 2.76. The Morgan fingerprint density at radius 1 is 1.40 bits per heavy atom. The second-order valence-electron chi connectivity index (χ2n) is 5.23. The Labute approximate surface area is 117 Å². The van der Waals surface area contributed by atoms with E-state index in [1.165, 1.54) is 6.07 Å². The van der Waals surface area contributed by atoms with Gasteiger partial charge in [0.15, 0.2) is 0 Å². The molecular formula is C16H18FNO2. The smallest absolute Gasteiger partial charge is 0.133 e. The van der Waals surface area contributed by atoms with E-state index in [1.54, 1.807) is 24.5 Å². The minimum Gasteiger partial charge on any atom is -0.467 e. The fraction of sp³-hybridized carbons (Fsp3) is 0.375. The van der Waals surface area contributed by atoms with Crippen molar-refractivity contribution in [3.8, 4) is 0 Å². The first-order valence-corrected chi connectivity index (χ1v) is 6.97. The summed E-state index contributed by atoms with van der Waals surface area (Å²) in [6.07, 6.45) is 3.85. The Hall–Kier alpha value is -1.65. The summed E-state index contributed by atoms with van der Waals surface area (Å²) in [5.74, 6) is 0.382. The average Bonchev–Trinajstić information content (AvgIpc) is 2.98. The van der Waals surface area contributed by atoms with E-state index < -0.39 is 6.10 Å². The zero-order chi connectivity index (χ0) is 13.9. The van der Waals surface area contributed by atoms with Gasteiger partial charge >= 0.3 is 0 Å². The van der Waals surface area contributed by atoms with Crippen LogP contribution in [0.5, 0.6) is 0 Å². The van der Waals surface area contributed by atoms with E-state index in [0.29, 0.717) is 12.3 Å². The molecule has 0 spiro atoms. The molecule has 2 N–H and O–H groups in total. The Kier molecular flexibility index (Phi) is 3.85. The van der Waals surface area contributed by atoms with Crippen molar-refractivity contribution < 1.29 is 13.9 Å². The summed E-state index contributed by atoms with van der Waals surface area (Å²) in [7, 11) is 0. The zero-order valence-electron chi connectivity index (χ0n) is 11.2. The molecule has 1 aromatic carbocycles. The zero-order valence-corrected chi connectivity index (χ0v) is 11.2. The lowest BCUT2D eigenvalue weighted by molar-refractivity contribution is 0.142. The van der Waals surface area contributed by atoms with E-state index in [-0.39, 0.29) is 11.9 Å². The van der Waals surface area contributed by atoms with Gasteiger partial charge in [-0.25, -0.2) is 4.39 Å². The van der Waals surface area contributed by atoms with Crippen LogP contribution in [0.2, 0.25) is 0 Å². The molecule has 0 bridgehead atoms. The summed E-state index contributed by atoms with van der Waals surface area (Å²) in [4.78, 5) is 0. The summed E-state index contributed by atoms with van der Waals surface area (Å²) < 4.78 is 18.4. The van der Waals surface area contributed by atoms with E-state index in [1.807, 2.05) is 6.07 Å². The second-order valence-corrected chi connectivity index (χ2v) is 5.23. The number of rotatable bonds is 4. The van der Waals surface area contributed by atoms with Crippen LogP contribution in [0.25, 0.3) is 0 Å². The van der Waals surface area contributed by atoms with Gasteiger partial charge < -0.3 is 14.8 Å². The molecule has 0 saturated heterocycles. The van der Waals surface area contributed by atoms with E-state index in [9.17, 15) is 9.50 Å². The van der Waals surface area contributed by atoms with Gasteiger partial charge in [0.25, 0.3) is 0 Å². The highest BCUT2D eigenvalue weighted by Gasteiger charge is 2.21. The first kappa shape index (κ1) is 13.3. The van der Waals surface area contributed by atoms with Gasteiger partial charge in [-0.15, -0.1) is 0 Å². The van der Waals surface area contributed by atoms with Crippen LogP contribution in [0.1, 0.15) is 41.9 Å². The first-order valence-electron chi connectivity index (χ1n) is 6.97. The van der Waals surface area contributed by atoms with Crippen molar-refractivity contribution in [2.75, 3.05) is 6.54 Å². The van der Waals surface area contributed by atoms with Crippen LogP contribution in [0.15, 0.2) is 41.0 Å². The predicted octanol–water partition coefficient (Wildman–Crippen LogP) is 3.12. The second kappa shape index (κ2) is 5.77. The third-order valence-corrected chi connectivity index (χ3v) is 3.85. The molecule has 4 heteroatoms. The Morgan fingerprint density at radius 3 is 3.10 bits per heavy atom. The summed E-state index contributed by atoms with van der Waals surface area (Å²) in [5, 5.41) is 13.4. The lowest BCUT2D eigenvalue weighted by Gasteiger charge is -2.27. The Morgan fingerprint density at radius 2 is 2.30 bits per heavy atom. The predicted molar refractivity (Wildman–Crippen MR) is 73.7 cm³/mol. The highest BCUT2D eigenvalue weighted by molar-refractivity contribution is 5.32. The van der Waals surface area contributed by atoms with Crippen molar-refractivity contribution in [1.82, 2.24) is 5.32 Å². The van der Waals surface area contributed by atoms with Crippen molar-refractivity contribution in [3.63, 3.8) is 0 Å². The third-order valence-electron chi connectivity index (χ3n) is 3.85. The highest BCUT2D eigenvalue weighted by atomic mass is 19.1. The van der Waals surface area contributed by atoms with Gasteiger partial charge in [0, 0.05) is 12.6 Å². The molecule has 2 atom stereocenters. The highest BCUT2D eigenvalue weighted by Crippen LogP contribution is 2.30. The molecule has 0 fully saturated rings. The van der Waals surface area contributed by atoms with Gasteiger partial charge in [-0.3, -0.25) is 0 Å². The number of hydrogen-bond acceptors (Lipinski definition) is 3. The topological polar surface area (TPSA) is 45.4 Å². The number of aliphatic hydroxyl groups is 1. The monoisotopic (exact) mass is 275 g/mol. The molecule has 1 heterocycles. The Bertz CT molecular complexity index is 568. The summed E-state index contributed by atoms with van der Waals surface area (Å²) in [6, 6.07) is 8.66. The van der Waals surface area contributed by atoms with Crippen LogP contribution >= 0.6 is 0 Å². The standard InChI is InChI=1S/C16H18FNO2/c17-12-6-7-13-11(9-12)3-1-4-14(13)18-10-15(19)16-5-2-8-20-16/h2,5-9,14-15,18-19H,1,3-4,10H2. The molecule has 3 nitrogen and oxygen atoms in total. The molecule has 0 saturated carbocycles. The molecule has 1 aromatic heterocycles. The van der Waals surface area contributed by atoms with Gasteiger partial charge in [-0.05, 0) is 54.7 Å². The van der Waals surface area contributed by atoms with Gasteiger partial charge in [-0.1, -0.05) is 6.07 Å². The molecule has 3 rings (SSSR count). The quantitative estimate of drug-likeness (QED) is 0.901. The summed E-state index contributed by atoms with van der Waals surface area (Å²) in [6.45, 7) is 0.426. The van der Waals surface area contributed by atoms with Gasteiger partial charge in [0.05, 0.1) is 6.26 Å². The van der Waals surface area contributed by atoms with E-state index in [2.05, 4.69) is 5.32 Å². The number of nitrogens with one attached hydrogen (secondary N) is 1. The maximum absolute atomic E-state index is 13.2. The minimum absolute atomic E-state index is 0.170.